The first-order valence-corrected chi connectivity index (χ1v) is 7.61. The summed E-state index contributed by atoms with van der Waals surface area (Å²) < 4.78 is 6.90. The number of carbonyl (C=O) groups excluding carboxylic acids is 2. The number of imide groups is 1. The van der Waals surface area contributed by atoms with Gasteiger partial charge < -0.3 is 15.0 Å². The zero-order chi connectivity index (χ0) is 17.0. The Morgan fingerprint density at radius 1 is 1.30 bits per heavy atom. The van der Waals surface area contributed by atoms with E-state index in [4.69, 9.17) is 10.5 Å². The van der Waals surface area contributed by atoms with Gasteiger partial charge in [0, 0.05) is 12.6 Å². The average molecular weight is 335 g/mol. The highest BCUT2D eigenvalue weighted by Gasteiger charge is 2.20. The minimum Gasteiger partial charge on any atom is -0.497 e. The minimum atomic E-state index is -0.876. The van der Waals surface area contributed by atoms with Crippen LogP contribution in [0.4, 0.5) is 4.79 Å². The molecule has 8 nitrogen and oxygen atoms in total. The average Bonchev–Trinajstić information content (AvgIpc) is 2.87. The number of thioether (sulfide) groups is 1. The molecule has 9 heteroatoms. The summed E-state index contributed by atoms with van der Waals surface area (Å²) in [5.41, 5.74) is 5.81. The number of nitrogens with zero attached hydrogens (tertiary/aromatic N) is 3. The smallest absolute Gasteiger partial charge is 0.318 e. The standard InChI is InChI=1S/C14H17N5O3S/c1-8(12(20)16-13(15)21)23-14-18-17-11(19(14)2)9-4-6-10(22-3)7-5-9/h4-8H,1-3H3,(H3,15,16,20,21)/t8-/m0/s1. The molecular weight excluding hydrogens is 318 g/mol. The molecule has 0 spiro atoms. The molecule has 23 heavy (non-hydrogen) atoms. The second-order valence-electron chi connectivity index (χ2n) is 4.71. The number of ether oxygens (including phenoxy) is 1. The lowest BCUT2D eigenvalue weighted by atomic mass is 10.2. The van der Waals surface area contributed by atoms with Crippen molar-refractivity contribution in [2.24, 2.45) is 12.8 Å². The molecule has 122 valence electrons. The van der Waals surface area contributed by atoms with Gasteiger partial charge in [-0.3, -0.25) is 10.1 Å². The van der Waals surface area contributed by atoms with Crippen molar-refractivity contribution in [1.29, 1.82) is 0 Å². The van der Waals surface area contributed by atoms with Crippen molar-refractivity contribution in [1.82, 2.24) is 20.1 Å². The van der Waals surface area contributed by atoms with Crippen molar-refractivity contribution in [3.8, 4) is 17.1 Å². The third-order valence-electron chi connectivity index (χ3n) is 3.08. The van der Waals surface area contributed by atoms with E-state index in [1.807, 2.05) is 29.6 Å². The Kier molecular flexibility index (Phi) is 5.22. The zero-order valence-corrected chi connectivity index (χ0v) is 13.8. The lowest BCUT2D eigenvalue weighted by molar-refractivity contribution is -0.119. The highest BCUT2D eigenvalue weighted by molar-refractivity contribution is 8.00. The fourth-order valence-corrected chi connectivity index (χ4v) is 2.66. The summed E-state index contributed by atoms with van der Waals surface area (Å²) in [6.07, 6.45) is 0. The molecule has 1 heterocycles. The molecule has 1 atom stereocenters. The maximum absolute atomic E-state index is 11.7. The first-order chi connectivity index (χ1) is 10.9. The molecular formula is C14H17N5O3S. The number of rotatable bonds is 5. The largest absolute Gasteiger partial charge is 0.497 e. The molecule has 0 radical (unpaired) electrons. The number of carbonyl (C=O) groups is 2. The molecule has 0 fully saturated rings. The van der Waals surface area contributed by atoms with E-state index in [0.717, 1.165) is 11.3 Å². The molecule has 1 aromatic heterocycles. The van der Waals surface area contributed by atoms with Crippen molar-refractivity contribution in [2.45, 2.75) is 17.3 Å². The van der Waals surface area contributed by atoms with Crippen LogP contribution in [0.15, 0.2) is 29.4 Å². The molecule has 3 amide bonds. The van der Waals surface area contributed by atoms with E-state index in [2.05, 4.69) is 10.2 Å². The Balaban J connectivity index is 2.15. The molecule has 0 bridgehead atoms. The van der Waals surface area contributed by atoms with E-state index < -0.39 is 17.2 Å². The van der Waals surface area contributed by atoms with Gasteiger partial charge in [-0.25, -0.2) is 4.79 Å². The van der Waals surface area contributed by atoms with Crippen molar-refractivity contribution >= 4 is 23.7 Å². The maximum Gasteiger partial charge on any atom is 0.318 e. The van der Waals surface area contributed by atoms with Crippen molar-refractivity contribution < 1.29 is 14.3 Å². The normalized spacial score (nSPS) is 11.8. The minimum absolute atomic E-state index is 0.475. The van der Waals surface area contributed by atoms with Gasteiger partial charge >= 0.3 is 6.03 Å². The Labute approximate surface area is 137 Å². The van der Waals surface area contributed by atoms with Crippen LogP contribution in [-0.4, -0.2) is 39.1 Å². The second kappa shape index (κ2) is 7.14. The van der Waals surface area contributed by atoms with E-state index >= 15 is 0 Å². The van der Waals surface area contributed by atoms with Crippen LogP contribution in [0, 0.1) is 0 Å². The number of hydrogen-bond acceptors (Lipinski definition) is 6. The summed E-state index contributed by atoms with van der Waals surface area (Å²) in [5, 5.41) is 10.3. The number of aromatic nitrogens is 3. The molecule has 2 rings (SSSR count). The third-order valence-corrected chi connectivity index (χ3v) is 4.21. The monoisotopic (exact) mass is 335 g/mol. The SMILES string of the molecule is COc1ccc(-c2nnc(S[C@@H](C)C(=O)NC(N)=O)n2C)cc1. The number of benzene rings is 1. The van der Waals surface area contributed by atoms with E-state index in [0.29, 0.717) is 11.0 Å². The first kappa shape index (κ1) is 16.8. The van der Waals surface area contributed by atoms with Gasteiger partial charge in [0.05, 0.1) is 12.4 Å². The van der Waals surface area contributed by atoms with E-state index in [1.54, 1.807) is 25.6 Å². The van der Waals surface area contributed by atoms with Crippen LogP contribution in [0.3, 0.4) is 0 Å². The molecule has 2 aromatic rings. The van der Waals surface area contributed by atoms with E-state index in [-0.39, 0.29) is 0 Å². The van der Waals surface area contributed by atoms with Crippen LogP contribution in [0.25, 0.3) is 11.4 Å². The Bertz CT molecular complexity index is 714. The van der Waals surface area contributed by atoms with Gasteiger partial charge in [0.2, 0.25) is 5.91 Å². The highest BCUT2D eigenvalue weighted by Crippen LogP contribution is 2.26. The van der Waals surface area contributed by atoms with Gasteiger partial charge in [-0.05, 0) is 31.2 Å². The van der Waals surface area contributed by atoms with Gasteiger partial charge in [-0.15, -0.1) is 10.2 Å². The quantitative estimate of drug-likeness (QED) is 0.793. The number of methoxy groups -OCH3 is 1. The number of nitrogens with two attached hydrogens (primary N) is 1. The molecule has 0 saturated carbocycles. The summed E-state index contributed by atoms with van der Waals surface area (Å²) in [4.78, 5) is 22.4. The number of nitrogens with one attached hydrogen (secondary N) is 1. The van der Waals surface area contributed by atoms with Gasteiger partial charge in [0.1, 0.15) is 5.75 Å². The molecule has 0 aliphatic rings. The van der Waals surface area contributed by atoms with Crippen LogP contribution >= 0.6 is 11.8 Å². The third kappa shape index (κ3) is 4.01. The maximum atomic E-state index is 11.7. The Morgan fingerprint density at radius 3 is 2.52 bits per heavy atom. The molecule has 3 N–H and O–H groups in total. The fraction of sp³-hybridized carbons (Fsp3) is 0.286. The van der Waals surface area contributed by atoms with Gasteiger partial charge in [-0.2, -0.15) is 0 Å². The molecule has 1 aromatic carbocycles. The molecule has 0 aliphatic carbocycles. The number of amides is 3. The lowest BCUT2D eigenvalue weighted by Gasteiger charge is -2.09. The highest BCUT2D eigenvalue weighted by atomic mass is 32.2. The number of primary amides is 1. The van der Waals surface area contributed by atoms with Crippen LogP contribution in [-0.2, 0) is 11.8 Å². The Hall–Kier alpha value is -2.55. The predicted octanol–water partition coefficient (Wildman–Crippen LogP) is 1.17. The lowest BCUT2D eigenvalue weighted by Crippen LogP contribution is -2.39. The predicted molar refractivity (Wildman–Crippen MR) is 86.0 cm³/mol. The van der Waals surface area contributed by atoms with E-state index in [1.165, 1.54) is 11.8 Å². The summed E-state index contributed by atoms with van der Waals surface area (Å²) >= 11 is 1.19. The van der Waals surface area contributed by atoms with Crippen molar-refractivity contribution in [3.63, 3.8) is 0 Å². The summed E-state index contributed by atoms with van der Waals surface area (Å²) in [6, 6.07) is 6.54. The van der Waals surface area contributed by atoms with Gasteiger partial charge in [0.15, 0.2) is 11.0 Å². The van der Waals surface area contributed by atoms with Crippen LogP contribution in [0.5, 0.6) is 5.75 Å². The number of hydrogen-bond donors (Lipinski definition) is 2. The van der Waals surface area contributed by atoms with Crippen LogP contribution < -0.4 is 15.8 Å². The van der Waals surface area contributed by atoms with Crippen molar-refractivity contribution in [2.75, 3.05) is 7.11 Å². The zero-order valence-electron chi connectivity index (χ0n) is 12.9. The fourth-order valence-electron chi connectivity index (χ4n) is 1.84. The number of urea groups is 1. The first-order valence-electron chi connectivity index (χ1n) is 6.73. The molecule has 0 saturated heterocycles. The summed E-state index contributed by atoms with van der Waals surface area (Å²) in [6.45, 7) is 1.66. The van der Waals surface area contributed by atoms with Crippen molar-refractivity contribution in [3.05, 3.63) is 24.3 Å². The topological polar surface area (TPSA) is 112 Å². The summed E-state index contributed by atoms with van der Waals surface area (Å²) in [5.74, 6) is 0.941. The van der Waals surface area contributed by atoms with Gasteiger partial charge in [-0.1, -0.05) is 11.8 Å². The summed E-state index contributed by atoms with van der Waals surface area (Å²) in [7, 11) is 3.41. The van der Waals surface area contributed by atoms with E-state index in [9.17, 15) is 9.59 Å². The van der Waals surface area contributed by atoms with Gasteiger partial charge in [0.25, 0.3) is 0 Å². The van der Waals surface area contributed by atoms with Crippen LogP contribution in [0.2, 0.25) is 0 Å². The Morgan fingerprint density at radius 2 is 1.96 bits per heavy atom. The molecule has 0 unspecified atom stereocenters. The second-order valence-corrected chi connectivity index (χ2v) is 6.02. The van der Waals surface area contributed by atoms with Crippen LogP contribution in [0.1, 0.15) is 6.92 Å². The molecule has 0 aliphatic heterocycles.